The number of hydrogen-bond donors (Lipinski definition) is 0. The minimum Gasteiger partial charge on any atom is -0.460 e. The molecule has 0 unspecified atom stereocenters. The van der Waals surface area contributed by atoms with Crippen LogP contribution in [0.2, 0.25) is 0 Å². The summed E-state index contributed by atoms with van der Waals surface area (Å²) >= 11 is 0. The van der Waals surface area contributed by atoms with Crippen LogP contribution in [0.25, 0.3) is 22.2 Å². The van der Waals surface area contributed by atoms with Crippen LogP contribution >= 0.6 is 0 Å². The monoisotopic (exact) mass is 309 g/mol. The van der Waals surface area contributed by atoms with Crippen LogP contribution in [0.3, 0.4) is 0 Å². The molecule has 0 spiro atoms. The molecule has 1 atom stereocenters. The summed E-state index contributed by atoms with van der Waals surface area (Å²) in [4.78, 5) is 7.02. The number of imidazole rings is 1. The Hall–Kier alpha value is -2.07. The first-order valence-corrected chi connectivity index (χ1v) is 8.44. The zero-order valence-corrected chi connectivity index (χ0v) is 13.8. The van der Waals surface area contributed by atoms with E-state index in [4.69, 9.17) is 4.42 Å². The van der Waals surface area contributed by atoms with Gasteiger partial charge >= 0.3 is 0 Å². The van der Waals surface area contributed by atoms with Gasteiger partial charge in [0.05, 0.1) is 12.0 Å². The van der Waals surface area contributed by atoms with E-state index in [1.54, 1.807) is 0 Å². The summed E-state index contributed by atoms with van der Waals surface area (Å²) in [6, 6.07) is 9.17. The summed E-state index contributed by atoms with van der Waals surface area (Å²) in [5.74, 6) is 1.07. The molecule has 0 N–H and O–H groups in total. The van der Waals surface area contributed by atoms with Crippen molar-refractivity contribution in [3.63, 3.8) is 0 Å². The second-order valence-electron chi connectivity index (χ2n) is 6.64. The SMILES string of the molecule is C[C@@H]1CCCN1CCc1cc2cccc(-c3cn(C)cn3)c2o1. The number of rotatable bonds is 4. The lowest BCUT2D eigenvalue weighted by atomic mass is 10.1. The number of nitrogens with zero attached hydrogens (tertiary/aromatic N) is 3. The normalized spacial score (nSPS) is 19.0. The van der Waals surface area contributed by atoms with E-state index in [9.17, 15) is 0 Å². The van der Waals surface area contributed by atoms with Crippen molar-refractivity contribution < 1.29 is 4.42 Å². The first kappa shape index (κ1) is 14.5. The molecule has 0 bridgehead atoms. The predicted octanol–water partition coefficient (Wildman–Crippen LogP) is 3.86. The van der Waals surface area contributed by atoms with Crippen molar-refractivity contribution in [3.8, 4) is 11.3 Å². The Balaban J connectivity index is 1.60. The third-order valence-electron chi connectivity index (χ3n) is 4.91. The molecule has 2 aromatic heterocycles. The number of furan rings is 1. The van der Waals surface area contributed by atoms with Crippen LogP contribution in [0, 0.1) is 0 Å². The van der Waals surface area contributed by atoms with Gasteiger partial charge in [-0.05, 0) is 38.4 Å². The fourth-order valence-corrected chi connectivity index (χ4v) is 3.57. The number of fused-ring (bicyclic) bond motifs is 1. The van der Waals surface area contributed by atoms with Crippen molar-refractivity contribution in [1.82, 2.24) is 14.5 Å². The third kappa shape index (κ3) is 2.79. The van der Waals surface area contributed by atoms with Crippen LogP contribution in [0.4, 0.5) is 0 Å². The molecule has 0 saturated carbocycles. The molecule has 120 valence electrons. The summed E-state index contributed by atoms with van der Waals surface area (Å²) in [6.45, 7) is 4.63. The van der Waals surface area contributed by atoms with Gasteiger partial charge in [-0.25, -0.2) is 4.98 Å². The van der Waals surface area contributed by atoms with Gasteiger partial charge in [0.1, 0.15) is 11.3 Å². The number of aryl methyl sites for hydroxylation is 1. The third-order valence-corrected chi connectivity index (χ3v) is 4.91. The molecule has 1 aliphatic heterocycles. The maximum atomic E-state index is 6.18. The Morgan fingerprint density at radius 2 is 2.26 bits per heavy atom. The topological polar surface area (TPSA) is 34.2 Å². The molecule has 1 aliphatic rings. The second kappa shape index (κ2) is 5.85. The van der Waals surface area contributed by atoms with E-state index < -0.39 is 0 Å². The van der Waals surface area contributed by atoms with Gasteiger partial charge in [0, 0.05) is 43.2 Å². The van der Waals surface area contributed by atoms with Gasteiger partial charge in [0.2, 0.25) is 0 Å². The number of hydrogen-bond acceptors (Lipinski definition) is 3. The minimum atomic E-state index is 0.712. The highest BCUT2D eigenvalue weighted by Gasteiger charge is 2.20. The highest BCUT2D eigenvalue weighted by Crippen LogP contribution is 2.30. The predicted molar refractivity (Wildman–Crippen MR) is 92.4 cm³/mol. The van der Waals surface area contributed by atoms with Crippen LogP contribution in [0.15, 0.2) is 41.2 Å². The Kier molecular flexibility index (Phi) is 3.69. The maximum absolute atomic E-state index is 6.18. The van der Waals surface area contributed by atoms with Crippen LogP contribution in [0.5, 0.6) is 0 Å². The number of likely N-dealkylation sites (tertiary alicyclic amines) is 1. The lowest BCUT2D eigenvalue weighted by molar-refractivity contribution is 0.266. The van der Waals surface area contributed by atoms with E-state index in [0.717, 1.165) is 41.0 Å². The van der Waals surface area contributed by atoms with Crippen molar-refractivity contribution >= 4 is 11.0 Å². The van der Waals surface area contributed by atoms with Gasteiger partial charge in [-0.1, -0.05) is 12.1 Å². The molecule has 1 aromatic carbocycles. The lowest BCUT2D eigenvalue weighted by Gasteiger charge is -2.19. The first-order valence-electron chi connectivity index (χ1n) is 8.44. The Morgan fingerprint density at radius 3 is 3.00 bits per heavy atom. The molecular weight excluding hydrogens is 286 g/mol. The Morgan fingerprint density at radius 1 is 1.35 bits per heavy atom. The smallest absolute Gasteiger partial charge is 0.143 e. The van der Waals surface area contributed by atoms with E-state index in [-0.39, 0.29) is 0 Å². The fourth-order valence-electron chi connectivity index (χ4n) is 3.57. The minimum absolute atomic E-state index is 0.712. The zero-order chi connectivity index (χ0) is 15.8. The quantitative estimate of drug-likeness (QED) is 0.734. The summed E-state index contributed by atoms with van der Waals surface area (Å²) in [6.07, 6.45) is 7.48. The van der Waals surface area contributed by atoms with E-state index in [1.807, 2.05) is 24.1 Å². The van der Waals surface area contributed by atoms with Gasteiger partial charge in [0.25, 0.3) is 0 Å². The summed E-state index contributed by atoms with van der Waals surface area (Å²) in [5.41, 5.74) is 2.99. The molecule has 0 amide bonds. The number of benzene rings is 1. The van der Waals surface area contributed by atoms with Crippen LogP contribution in [-0.4, -0.2) is 33.6 Å². The van der Waals surface area contributed by atoms with Crippen LogP contribution in [0.1, 0.15) is 25.5 Å². The number of aromatic nitrogens is 2. The average Bonchev–Trinajstić information content (AvgIpc) is 3.24. The van der Waals surface area contributed by atoms with E-state index in [0.29, 0.717) is 6.04 Å². The van der Waals surface area contributed by atoms with Gasteiger partial charge in [-0.3, -0.25) is 0 Å². The van der Waals surface area contributed by atoms with E-state index in [1.165, 1.54) is 19.4 Å². The molecule has 1 saturated heterocycles. The standard InChI is InChI=1S/C19H23N3O/c1-14-5-4-9-22(14)10-8-16-11-15-6-3-7-17(19(15)23-16)18-12-21(2)13-20-18/h3,6-7,11-14H,4-5,8-10H2,1-2H3/t14-/m1/s1. The summed E-state index contributed by atoms with van der Waals surface area (Å²) in [7, 11) is 1.99. The van der Waals surface area contributed by atoms with Crippen molar-refractivity contribution in [2.45, 2.75) is 32.2 Å². The molecule has 1 fully saturated rings. The fraction of sp³-hybridized carbons (Fsp3) is 0.421. The molecule has 4 nitrogen and oxygen atoms in total. The molecular formula is C19H23N3O. The first-order chi connectivity index (χ1) is 11.2. The highest BCUT2D eigenvalue weighted by molar-refractivity contribution is 5.91. The molecule has 0 aliphatic carbocycles. The van der Waals surface area contributed by atoms with Gasteiger partial charge < -0.3 is 13.9 Å². The average molecular weight is 309 g/mol. The summed E-state index contributed by atoms with van der Waals surface area (Å²) in [5, 5.41) is 1.16. The molecule has 4 heteroatoms. The summed E-state index contributed by atoms with van der Waals surface area (Å²) < 4.78 is 8.15. The van der Waals surface area contributed by atoms with Crippen molar-refractivity contribution in [2.24, 2.45) is 7.05 Å². The van der Waals surface area contributed by atoms with Crippen LogP contribution < -0.4 is 0 Å². The maximum Gasteiger partial charge on any atom is 0.143 e. The van der Waals surface area contributed by atoms with Gasteiger partial charge in [-0.2, -0.15) is 0 Å². The highest BCUT2D eigenvalue weighted by atomic mass is 16.3. The molecule has 0 radical (unpaired) electrons. The van der Waals surface area contributed by atoms with Crippen molar-refractivity contribution in [3.05, 3.63) is 42.5 Å². The Labute approximate surface area is 136 Å². The van der Waals surface area contributed by atoms with E-state index >= 15 is 0 Å². The molecule has 4 rings (SSSR count). The molecule has 23 heavy (non-hydrogen) atoms. The number of para-hydroxylation sites is 1. The largest absolute Gasteiger partial charge is 0.460 e. The molecule has 3 heterocycles. The second-order valence-corrected chi connectivity index (χ2v) is 6.64. The van der Waals surface area contributed by atoms with Gasteiger partial charge in [0.15, 0.2) is 0 Å². The van der Waals surface area contributed by atoms with Gasteiger partial charge in [-0.15, -0.1) is 0 Å². The van der Waals surface area contributed by atoms with Crippen LogP contribution in [-0.2, 0) is 13.5 Å². The Bertz CT molecular complexity index is 817. The van der Waals surface area contributed by atoms with E-state index in [2.05, 4.69) is 41.1 Å². The zero-order valence-electron chi connectivity index (χ0n) is 13.8. The lowest BCUT2D eigenvalue weighted by Crippen LogP contribution is -2.28. The van der Waals surface area contributed by atoms with Crippen molar-refractivity contribution in [2.75, 3.05) is 13.1 Å². The van der Waals surface area contributed by atoms with Crippen molar-refractivity contribution in [1.29, 1.82) is 0 Å². The molecule has 3 aromatic rings.